The molecule has 2 saturated heterocycles. The lowest BCUT2D eigenvalue weighted by Crippen LogP contribution is -2.30. The Balaban J connectivity index is 1.82. The van der Waals surface area contributed by atoms with Gasteiger partial charge in [-0.3, -0.25) is 4.90 Å². The van der Waals surface area contributed by atoms with Crippen molar-refractivity contribution >= 4 is 5.82 Å². The van der Waals surface area contributed by atoms with Crippen LogP contribution in [0.25, 0.3) is 0 Å². The number of pyridine rings is 1. The molecule has 3 rings (SSSR count). The average molecular weight is 259 g/mol. The van der Waals surface area contributed by atoms with Crippen molar-refractivity contribution in [1.82, 2.24) is 9.88 Å². The van der Waals surface area contributed by atoms with Gasteiger partial charge in [0.2, 0.25) is 0 Å². The van der Waals surface area contributed by atoms with Crippen LogP contribution < -0.4 is 4.90 Å². The lowest BCUT2D eigenvalue weighted by molar-refractivity contribution is 0.186. The summed E-state index contributed by atoms with van der Waals surface area (Å²) in [6.07, 6.45) is 8.73. The molecule has 3 heteroatoms. The minimum absolute atomic E-state index is 0.578. The molecule has 0 unspecified atom stereocenters. The summed E-state index contributed by atoms with van der Waals surface area (Å²) in [7, 11) is 2.25. The predicted molar refractivity (Wildman–Crippen MR) is 79.6 cm³/mol. The number of nitrogens with zero attached hydrogens (tertiary/aromatic N) is 3. The van der Waals surface area contributed by atoms with E-state index in [2.05, 4.69) is 36.0 Å². The zero-order valence-electron chi connectivity index (χ0n) is 12.2. The molecule has 2 aliphatic heterocycles. The Morgan fingerprint density at radius 1 is 1.11 bits per heavy atom. The number of rotatable bonds is 2. The fourth-order valence-corrected chi connectivity index (χ4v) is 3.49. The van der Waals surface area contributed by atoms with E-state index in [0.717, 1.165) is 0 Å². The highest BCUT2D eigenvalue weighted by Crippen LogP contribution is 2.32. The second-order valence-corrected chi connectivity index (χ2v) is 6.09. The fourth-order valence-electron chi connectivity index (χ4n) is 3.49. The van der Waals surface area contributed by atoms with Crippen LogP contribution in [0.3, 0.4) is 0 Å². The lowest BCUT2D eigenvalue weighted by Gasteiger charge is -2.33. The Bertz CT molecular complexity index is 438. The molecule has 0 bridgehead atoms. The first kappa shape index (κ1) is 12.9. The zero-order valence-corrected chi connectivity index (χ0v) is 12.2. The molecule has 1 aromatic rings. The monoisotopic (exact) mass is 259 g/mol. The smallest absolute Gasteiger partial charge is 0.128 e. The van der Waals surface area contributed by atoms with E-state index in [-0.39, 0.29) is 0 Å². The first-order valence-corrected chi connectivity index (χ1v) is 7.67. The summed E-state index contributed by atoms with van der Waals surface area (Å²) in [5.74, 6) is 1.18. The number of aromatic nitrogens is 1. The van der Waals surface area contributed by atoms with E-state index < -0.39 is 0 Å². The maximum atomic E-state index is 4.73. The molecule has 0 radical (unpaired) electrons. The standard InChI is InChI=1S/C16H25N3/c1-13-11-16(19-9-5-6-10-19)17-12-14(13)15-7-3-4-8-18(15)2/h11-12,15H,3-10H2,1-2H3/t15-/m0/s1. The summed E-state index contributed by atoms with van der Waals surface area (Å²) in [5.41, 5.74) is 2.85. The van der Waals surface area contributed by atoms with Gasteiger partial charge in [0.15, 0.2) is 0 Å². The average Bonchev–Trinajstić information content (AvgIpc) is 2.94. The van der Waals surface area contributed by atoms with Crippen molar-refractivity contribution in [2.24, 2.45) is 0 Å². The van der Waals surface area contributed by atoms with Crippen LogP contribution >= 0.6 is 0 Å². The maximum Gasteiger partial charge on any atom is 0.128 e. The van der Waals surface area contributed by atoms with Crippen molar-refractivity contribution in [2.75, 3.05) is 31.6 Å². The van der Waals surface area contributed by atoms with E-state index in [9.17, 15) is 0 Å². The third-order valence-electron chi connectivity index (χ3n) is 4.70. The molecule has 3 nitrogen and oxygen atoms in total. The van der Waals surface area contributed by atoms with Crippen LogP contribution in [0, 0.1) is 6.92 Å². The van der Waals surface area contributed by atoms with E-state index in [0.29, 0.717) is 6.04 Å². The largest absolute Gasteiger partial charge is 0.357 e. The molecule has 0 N–H and O–H groups in total. The van der Waals surface area contributed by atoms with Crippen LogP contribution in [0.4, 0.5) is 5.82 Å². The molecule has 0 amide bonds. The quantitative estimate of drug-likeness (QED) is 0.813. The van der Waals surface area contributed by atoms with Gasteiger partial charge in [-0.25, -0.2) is 4.98 Å². The van der Waals surface area contributed by atoms with Gasteiger partial charge in [0.1, 0.15) is 5.82 Å². The molecule has 0 aliphatic carbocycles. The topological polar surface area (TPSA) is 19.4 Å². The van der Waals surface area contributed by atoms with Crippen molar-refractivity contribution in [3.8, 4) is 0 Å². The summed E-state index contributed by atoms with van der Waals surface area (Å²) in [4.78, 5) is 9.64. The molecule has 1 atom stereocenters. The lowest BCUT2D eigenvalue weighted by atomic mass is 9.94. The molecule has 0 saturated carbocycles. The number of piperidine rings is 1. The van der Waals surface area contributed by atoms with Gasteiger partial charge in [-0.05, 0) is 63.4 Å². The second kappa shape index (κ2) is 5.49. The highest BCUT2D eigenvalue weighted by molar-refractivity contribution is 5.44. The Hall–Kier alpha value is -1.09. The van der Waals surface area contributed by atoms with Gasteiger partial charge in [-0.15, -0.1) is 0 Å². The summed E-state index contributed by atoms with van der Waals surface area (Å²) >= 11 is 0. The Morgan fingerprint density at radius 2 is 1.84 bits per heavy atom. The second-order valence-electron chi connectivity index (χ2n) is 6.09. The number of hydrogen-bond acceptors (Lipinski definition) is 3. The van der Waals surface area contributed by atoms with E-state index in [1.54, 1.807) is 0 Å². The molecular weight excluding hydrogens is 234 g/mol. The Labute approximate surface area is 116 Å². The molecule has 3 heterocycles. The summed E-state index contributed by atoms with van der Waals surface area (Å²) in [6, 6.07) is 2.87. The van der Waals surface area contributed by atoms with Gasteiger partial charge in [0.05, 0.1) is 0 Å². The van der Waals surface area contributed by atoms with Gasteiger partial charge in [0.25, 0.3) is 0 Å². The third kappa shape index (κ3) is 2.62. The summed E-state index contributed by atoms with van der Waals surface area (Å²) in [5, 5.41) is 0. The SMILES string of the molecule is Cc1cc(N2CCCC2)ncc1[C@@H]1CCCCN1C. The first-order chi connectivity index (χ1) is 9.25. The molecule has 2 aliphatic rings. The molecule has 0 spiro atoms. The van der Waals surface area contributed by atoms with E-state index in [1.807, 2.05) is 0 Å². The Morgan fingerprint density at radius 3 is 2.53 bits per heavy atom. The maximum absolute atomic E-state index is 4.73. The molecular formula is C16H25N3. The van der Waals surface area contributed by atoms with Gasteiger partial charge < -0.3 is 4.90 Å². The van der Waals surface area contributed by atoms with Gasteiger partial charge >= 0.3 is 0 Å². The van der Waals surface area contributed by atoms with Crippen LogP contribution in [0.5, 0.6) is 0 Å². The molecule has 0 aromatic carbocycles. The van der Waals surface area contributed by atoms with Crippen molar-refractivity contribution < 1.29 is 0 Å². The number of hydrogen-bond donors (Lipinski definition) is 0. The molecule has 19 heavy (non-hydrogen) atoms. The first-order valence-electron chi connectivity index (χ1n) is 7.67. The third-order valence-corrected chi connectivity index (χ3v) is 4.70. The number of anilines is 1. The highest BCUT2D eigenvalue weighted by atomic mass is 15.2. The molecule has 2 fully saturated rings. The number of likely N-dealkylation sites (tertiary alicyclic amines) is 1. The van der Waals surface area contributed by atoms with Gasteiger partial charge in [-0.2, -0.15) is 0 Å². The van der Waals surface area contributed by atoms with Crippen LogP contribution in [-0.4, -0.2) is 36.6 Å². The molecule has 104 valence electrons. The zero-order chi connectivity index (χ0) is 13.2. The van der Waals surface area contributed by atoms with Crippen LogP contribution in [0.1, 0.15) is 49.3 Å². The van der Waals surface area contributed by atoms with E-state index in [1.165, 1.54) is 68.7 Å². The van der Waals surface area contributed by atoms with Crippen LogP contribution in [0.15, 0.2) is 12.3 Å². The minimum atomic E-state index is 0.578. The van der Waals surface area contributed by atoms with Crippen LogP contribution in [0.2, 0.25) is 0 Å². The fraction of sp³-hybridized carbons (Fsp3) is 0.688. The van der Waals surface area contributed by atoms with Crippen molar-refractivity contribution in [1.29, 1.82) is 0 Å². The van der Waals surface area contributed by atoms with Crippen molar-refractivity contribution in [3.63, 3.8) is 0 Å². The van der Waals surface area contributed by atoms with Crippen molar-refractivity contribution in [2.45, 2.75) is 45.1 Å². The highest BCUT2D eigenvalue weighted by Gasteiger charge is 2.23. The normalized spacial score (nSPS) is 24.9. The predicted octanol–water partition coefficient (Wildman–Crippen LogP) is 3.15. The van der Waals surface area contributed by atoms with Gasteiger partial charge in [0, 0.05) is 25.3 Å². The summed E-state index contributed by atoms with van der Waals surface area (Å²) < 4.78 is 0. The minimum Gasteiger partial charge on any atom is -0.357 e. The Kier molecular flexibility index (Phi) is 3.74. The molecule has 1 aromatic heterocycles. The van der Waals surface area contributed by atoms with E-state index in [4.69, 9.17) is 4.98 Å². The number of aryl methyl sites for hydroxylation is 1. The van der Waals surface area contributed by atoms with E-state index >= 15 is 0 Å². The summed E-state index contributed by atoms with van der Waals surface area (Å²) in [6.45, 7) is 5.82. The van der Waals surface area contributed by atoms with Gasteiger partial charge in [-0.1, -0.05) is 6.42 Å². The van der Waals surface area contributed by atoms with Crippen LogP contribution in [-0.2, 0) is 0 Å². The van der Waals surface area contributed by atoms with Crippen molar-refractivity contribution in [3.05, 3.63) is 23.4 Å².